The summed E-state index contributed by atoms with van der Waals surface area (Å²) in [6.07, 6.45) is 10.1. The van der Waals surface area contributed by atoms with Crippen LogP contribution in [0, 0.1) is 50.2 Å². The quantitative estimate of drug-likeness (QED) is 0.203. The van der Waals surface area contributed by atoms with Crippen molar-refractivity contribution in [2.45, 2.75) is 146 Å². The average molecular weight is 584 g/mol. The summed E-state index contributed by atoms with van der Waals surface area (Å²) in [5.41, 5.74) is -0.714. The topological polar surface area (TPSA) is 83.9 Å². The van der Waals surface area contributed by atoms with Gasteiger partial charge in [0.15, 0.2) is 5.78 Å². The molecule has 5 aliphatic carbocycles. The van der Waals surface area contributed by atoms with Crippen LogP contribution in [0.25, 0.3) is 0 Å². The Labute approximate surface area is 254 Å². The standard InChI is InChI=1S/C36H57NO5/c1-22(38)42-27-13-14-34(9)26(31(27,5)6)12-15-36(11)28(34)25(39)20-23-24-21-33(8,29(40)37(41)30(2,3)4)17-16-32(24,7)18-19-35(23,36)10/h20,24,26-28,41H,12-19,21H2,1-11H3/t24-,26?,27-,28+,32+,33-,34-,35+,36+/m0/s1. The molecule has 0 aromatic rings. The van der Waals surface area contributed by atoms with Crippen LogP contribution in [0.4, 0.5) is 0 Å². The summed E-state index contributed by atoms with van der Waals surface area (Å²) >= 11 is 0. The fraction of sp³-hybridized carbons (Fsp3) is 0.861. The molecule has 42 heavy (non-hydrogen) atoms. The minimum absolute atomic E-state index is 0.0435. The van der Waals surface area contributed by atoms with Gasteiger partial charge in [-0.15, -0.1) is 0 Å². The van der Waals surface area contributed by atoms with Crippen molar-refractivity contribution in [1.29, 1.82) is 0 Å². The minimum Gasteiger partial charge on any atom is -0.462 e. The normalized spacial score (nSPS) is 46.3. The van der Waals surface area contributed by atoms with E-state index in [0.717, 1.165) is 56.4 Å². The third-order valence-electron chi connectivity index (χ3n) is 14.2. The van der Waals surface area contributed by atoms with Crippen LogP contribution in [-0.4, -0.2) is 39.6 Å². The number of rotatable bonds is 2. The van der Waals surface area contributed by atoms with Crippen molar-refractivity contribution in [1.82, 2.24) is 5.06 Å². The Hall–Kier alpha value is -1.69. The van der Waals surface area contributed by atoms with E-state index >= 15 is 0 Å². The van der Waals surface area contributed by atoms with Gasteiger partial charge in [-0.05, 0) is 118 Å². The number of hydrogen-bond donors (Lipinski definition) is 1. The van der Waals surface area contributed by atoms with Crippen LogP contribution in [0.1, 0.15) is 134 Å². The SMILES string of the molecule is CC(=O)O[C@H]1CC[C@@]2(C)C(CC[C@]3(C)[C@@H]2C(=O)C=C2[C@@H]4C[C@@](C)(C(=O)N(O)C(C)(C)C)CC[C@]4(C)CC[C@]23C)C1(C)C. The Morgan fingerprint density at radius 1 is 0.929 bits per heavy atom. The maximum absolute atomic E-state index is 14.6. The number of carbonyl (C=O) groups excluding carboxylic acids is 3. The van der Waals surface area contributed by atoms with Crippen molar-refractivity contribution in [3.63, 3.8) is 0 Å². The molecule has 0 bridgehead atoms. The number of hydroxylamine groups is 2. The van der Waals surface area contributed by atoms with Crippen LogP contribution in [0.15, 0.2) is 11.6 Å². The zero-order valence-corrected chi connectivity index (χ0v) is 28.3. The second-order valence-corrected chi connectivity index (χ2v) is 18.0. The monoisotopic (exact) mass is 583 g/mol. The Bertz CT molecular complexity index is 1210. The lowest BCUT2D eigenvalue weighted by Crippen LogP contribution is -2.67. The maximum Gasteiger partial charge on any atom is 0.302 e. The van der Waals surface area contributed by atoms with Crippen molar-refractivity contribution >= 4 is 17.7 Å². The summed E-state index contributed by atoms with van der Waals surface area (Å²) < 4.78 is 5.86. The highest BCUT2D eigenvalue weighted by molar-refractivity contribution is 5.95. The first-order chi connectivity index (χ1) is 19.1. The van der Waals surface area contributed by atoms with E-state index < -0.39 is 11.0 Å². The molecule has 9 atom stereocenters. The van der Waals surface area contributed by atoms with E-state index in [1.165, 1.54) is 12.5 Å². The molecule has 0 spiro atoms. The molecule has 0 aliphatic heterocycles. The Morgan fingerprint density at radius 3 is 2.14 bits per heavy atom. The first-order valence-electron chi connectivity index (χ1n) is 16.5. The minimum atomic E-state index is -0.672. The molecule has 5 aliphatic rings. The Balaban J connectivity index is 1.55. The predicted molar refractivity (Wildman–Crippen MR) is 163 cm³/mol. The summed E-state index contributed by atoms with van der Waals surface area (Å²) in [5.74, 6) is 0.194. The lowest BCUT2D eigenvalue weighted by atomic mass is 9.33. The number of ketones is 1. The molecule has 0 aromatic carbocycles. The van der Waals surface area contributed by atoms with Gasteiger partial charge in [0.25, 0.3) is 5.91 Å². The summed E-state index contributed by atoms with van der Waals surface area (Å²) in [6.45, 7) is 23.2. The van der Waals surface area contributed by atoms with E-state index in [2.05, 4.69) is 41.5 Å². The molecule has 0 heterocycles. The molecule has 6 nitrogen and oxygen atoms in total. The molecule has 0 saturated heterocycles. The van der Waals surface area contributed by atoms with E-state index in [4.69, 9.17) is 4.74 Å². The van der Waals surface area contributed by atoms with Gasteiger partial charge in [0, 0.05) is 23.7 Å². The van der Waals surface area contributed by atoms with Crippen LogP contribution in [0.2, 0.25) is 0 Å². The van der Waals surface area contributed by atoms with Gasteiger partial charge in [-0.1, -0.05) is 54.0 Å². The zero-order valence-electron chi connectivity index (χ0n) is 28.3. The van der Waals surface area contributed by atoms with Crippen LogP contribution in [0.3, 0.4) is 0 Å². The molecule has 1 unspecified atom stereocenters. The number of amides is 1. The van der Waals surface area contributed by atoms with Gasteiger partial charge in [0.05, 0.1) is 5.54 Å². The molecule has 5 rings (SSSR count). The Morgan fingerprint density at radius 2 is 1.55 bits per heavy atom. The van der Waals surface area contributed by atoms with E-state index in [9.17, 15) is 19.6 Å². The average Bonchev–Trinajstić information content (AvgIpc) is 2.86. The van der Waals surface area contributed by atoms with Crippen molar-refractivity contribution in [2.24, 2.45) is 50.2 Å². The highest BCUT2D eigenvalue weighted by atomic mass is 16.5. The second-order valence-electron chi connectivity index (χ2n) is 18.0. The van der Waals surface area contributed by atoms with Gasteiger partial charge >= 0.3 is 5.97 Å². The Kier molecular flexibility index (Phi) is 7.11. The molecule has 1 N–H and O–H groups in total. The lowest BCUT2D eigenvalue weighted by molar-refractivity contribution is -0.212. The van der Waals surface area contributed by atoms with Crippen LogP contribution < -0.4 is 0 Å². The second kappa shape index (κ2) is 9.41. The summed E-state index contributed by atoms with van der Waals surface area (Å²) in [4.78, 5) is 40.3. The molecular formula is C36H57NO5. The first kappa shape index (κ1) is 31.7. The fourth-order valence-corrected chi connectivity index (χ4v) is 11.3. The molecule has 6 heteroatoms. The molecule has 0 radical (unpaired) electrons. The smallest absolute Gasteiger partial charge is 0.302 e. The number of ether oxygens (including phenoxy) is 1. The lowest BCUT2D eigenvalue weighted by Gasteiger charge is -2.70. The van der Waals surface area contributed by atoms with Gasteiger partial charge in [0.2, 0.25) is 0 Å². The largest absolute Gasteiger partial charge is 0.462 e. The highest BCUT2D eigenvalue weighted by Gasteiger charge is 2.70. The van der Waals surface area contributed by atoms with Crippen LogP contribution in [0.5, 0.6) is 0 Å². The van der Waals surface area contributed by atoms with Crippen molar-refractivity contribution in [2.75, 3.05) is 0 Å². The molecular weight excluding hydrogens is 526 g/mol. The van der Waals surface area contributed by atoms with Crippen molar-refractivity contribution in [3.8, 4) is 0 Å². The van der Waals surface area contributed by atoms with Crippen molar-refractivity contribution < 1.29 is 24.3 Å². The van der Waals surface area contributed by atoms with Gasteiger partial charge in [-0.3, -0.25) is 19.6 Å². The van der Waals surface area contributed by atoms with Crippen LogP contribution in [-0.2, 0) is 19.1 Å². The first-order valence-corrected chi connectivity index (χ1v) is 16.5. The third kappa shape index (κ3) is 4.23. The highest BCUT2D eigenvalue weighted by Crippen LogP contribution is 2.75. The fourth-order valence-electron chi connectivity index (χ4n) is 11.3. The summed E-state index contributed by atoms with van der Waals surface area (Å²) in [7, 11) is 0. The predicted octanol–water partition coefficient (Wildman–Crippen LogP) is 7.92. The molecule has 236 valence electrons. The van der Waals surface area contributed by atoms with Crippen molar-refractivity contribution in [3.05, 3.63) is 11.6 Å². The molecule has 0 aromatic heterocycles. The molecule has 4 saturated carbocycles. The summed E-state index contributed by atoms with van der Waals surface area (Å²) in [6, 6.07) is 0. The van der Waals surface area contributed by atoms with Gasteiger partial charge in [-0.2, -0.15) is 0 Å². The summed E-state index contributed by atoms with van der Waals surface area (Å²) in [5, 5.41) is 11.8. The number of fused-ring (bicyclic) bond motifs is 7. The van der Waals surface area contributed by atoms with E-state index in [0.29, 0.717) is 12.3 Å². The third-order valence-corrected chi connectivity index (χ3v) is 14.2. The van der Waals surface area contributed by atoms with Gasteiger partial charge in [-0.25, -0.2) is 5.06 Å². The number of nitrogens with zero attached hydrogens (tertiary/aromatic N) is 1. The van der Waals surface area contributed by atoms with Crippen LogP contribution >= 0.6 is 0 Å². The van der Waals surface area contributed by atoms with E-state index in [1.54, 1.807) is 0 Å². The van der Waals surface area contributed by atoms with E-state index in [-0.39, 0.29) is 62.7 Å². The van der Waals surface area contributed by atoms with Gasteiger partial charge < -0.3 is 4.74 Å². The molecule has 1 amide bonds. The van der Waals surface area contributed by atoms with E-state index in [1.807, 2.05) is 33.8 Å². The molecule has 4 fully saturated rings. The zero-order chi connectivity index (χ0) is 31.5. The number of hydrogen-bond acceptors (Lipinski definition) is 5. The maximum atomic E-state index is 14.6. The van der Waals surface area contributed by atoms with Gasteiger partial charge in [0.1, 0.15) is 6.10 Å². The number of allylic oxidation sites excluding steroid dienone is 2. The number of esters is 1. The number of carbonyl (C=O) groups is 3.